The van der Waals surface area contributed by atoms with Gasteiger partial charge < -0.3 is 15.4 Å². The van der Waals surface area contributed by atoms with Crippen molar-refractivity contribution in [2.45, 2.75) is 6.42 Å². The average Bonchev–Trinajstić information content (AvgIpc) is 1.99. The number of rotatable bonds is 3. The molecule has 0 unspecified atom stereocenters. The SMILES string of the molecule is CNCCc1nc(O)cc(=O)[nH]1. The first-order valence-corrected chi connectivity index (χ1v) is 3.66. The van der Waals surface area contributed by atoms with Crippen LogP contribution < -0.4 is 10.9 Å². The first-order valence-electron chi connectivity index (χ1n) is 3.66. The Morgan fingerprint density at radius 3 is 3.08 bits per heavy atom. The highest BCUT2D eigenvalue weighted by Gasteiger charge is 1.97. The maximum atomic E-state index is 10.8. The molecule has 0 fully saturated rings. The minimum absolute atomic E-state index is 0.232. The van der Waals surface area contributed by atoms with Crippen LogP contribution in [-0.2, 0) is 6.42 Å². The molecule has 0 saturated carbocycles. The molecule has 5 heteroatoms. The standard InChI is InChI=1S/C7H11N3O2/c1-8-3-2-5-9-6(11)4-7(12)10-5/h4,8H,2-3H2,1H3,(H2,9,10,11,12). The Morgan fingerprint density at radius 2 is 2.50 bits per heavy atom. The van der Waals surface area contributed by atoms with Gasteiger partial charge in [0.05, 0.1) is 6.07 Å². The van der Waals surface area contributed by atoms with Gasteiger partial charge in [-0.25, -0.2) is 4.98 Å². The van der Waals surface area contributed by atoms with Gasteiger partial charge in [0, 0.05) is 13.0 Å². The molecule has 0 radical (unpaired) electrons. The Bertz CT molecular complexity index is 308. The van der Waals surface area contributed by atoms with E-state index >= 15 is 0 Å². The Kier molecular flexibility index (Phi) is 2.82. The molecule has 0 amide bonds. The van der Waals surface area contributed by atoms with Gasteiger partial charge in [0.25, 0.3) is 5.56 Å². The quantitative estimate of drug-likeness (QED) is 0.555. The zero-order valence-electron chi connectivity index (χ0n) is 6.79. The molecule has 0 aliphatic rings. The average molecular weight is 169 g/mol. The fraction of sp³-hybridized carbons (Fsp3) is 0.429. The summed E-state index contributed by atoms with van der Waals surface area (Å²) in [5.74, 6) is 0.263. The number of H-pyrrole nitrogens is 1. The molecule has 0 aromatic carbocycles. The van der Waals surface area contributed by atoms with Crippen LogP contribution in [0.1, 0.15) is 5.82 Å². The molecule has 0 aliphatic carbocycles. The third-order valence-corrected chi connectivity index (χ3v) is 1.39. The number of nitrogens with one attached hydrogen (secondary N) is 2. The second-order valence-electron chi connectivity index (χ2n) is 2.40. The van der Waals surface area contributed by atoms with Gasteiger partial charge in [0.1, 0.15) is 5.82 Å². The maximum Gasteiger partial charge on any atom is 0.254 e. The first-order chi connectivity index (χ1) is 5.72. The van der Waals surface area contributed by atoms with Gasteiger partial charge in [-0.3, -0.25) is 4.79 Å². The Hall–Kier alpha value is -1.36. The van der Waals surface area contributed by atoms with Crippen LogP contribution in [-0.4, -0.2) is 28.7 Å². The highest BCUT2D eigenvalue weighted by atomic mass is 16.3. The number of likely N-dealkylation sites (N-methyl/N-ethyl adjacent to an activating group) is 1. The van der Waals surface area contributed by atoms with E-state index < -0.39 is 0 Å². The highest BCUT2D eigenvalue weighted by Crippen LogP contribution is 1.97. The largest absolute Gasteiger partial charge is 0.493 e. The lowest BCUT2D eigenvalue weighted by Crippen LogP contribution is -2.16. The molecule has 66 valence electrons. The Morgan fingerprint density at radius 1 is 1.75 bits per heavy atom. The molecular weight excluding hydrogens is 158 g/mol. The van der Waals surface area contributed by atoms with Crippen molar-refractivity contribution in [2.75, 3.05) is 13.6 Å². The monoisotopic (exact) mass is 169 g/mol. The number of aromatic nitrogens is 2. The fourth-order valence-corrected chi connectivity index (χ4v) is 0.856. The predicted molar refractivity (Wildman–Crippen MR) is 44.2 cm³/mol. The molecule has 1 rings (SSSR count). The van der Waals surface area contributed by atoms with E-state index in [9.17, 15) is 4.79 Å². The Labute approximate surface area is 69.5 Å². The highest BCUT2D eigenvalue weighted by molar-refractivity contribution is 5.06. The second kappa shape index (κ2) is 3.87. The van der Waals surface area contributed by atoms with Gasteiger partial charge in [-0.15, -0.1) is 0 Å². The fourth-order valence-electron chi connectivity index (χ4n) is 0.856. The van der Waals surface area contributed by atoms with E-state index in [0.717, 1.165) is 6.07 Å². The Balaban J connectivity index is 2.79. The van der Waals surface area contributed by atoms with Gasteiger partial charge in [0.15, 0.2) is 0 Å². The van der Waals surface area contributed by atoms with Gasteiger partial charge in [-0.1, -0.05) is 0 Å². The summed E-state index contributed by atoms with van der Waals surface area (Å²) in [6.45, 7) is 0.715. The summed E-state index contributed by atoms with van der Waals surface area (Å²) in [6.07, 6.45) is 0.597. The van der Waals surface area contributed by atoms with Crippen molar-refractivity contribution in [3.05, 3.63) is 22.2 Å². The molecule has 5 nitrogen and oxygen atoms in total. The predicted octanol–water partition coefficient (Wildman–Crippen LogP) is -0.763. The van der Waals surface area contributed by atoms with Gasteiger partial charge in [-0.05, 0) is 7.05 Å². The van der Waals surface area contributed by atoms with E-state index in [-0.39, 0.29) is 11.4 Å². The van der Waals surface area contributed by atoms with Crippen LogP contribution in [0.2, 0.25) is 0 Å². The van der Waals surface area contributed by atoms with Crippen LogP contribution in [0.25, 0.3) is 0 Å². The lowest BCUT2D eigenvalue weighted by molar-refractivity contribution is 0.447. The molecule has 0 spiro atoms. The van der Waals surface area contributed by atoms with E-state index in [1.165, 1.54) is 0 Å². The normalized spacial score (nSPS) is 10.1. The van der Waals surface area contributed by atoms with Crippen molar-refractivity contribution in [1.29, 1.82) is 0 Å². The van der Waals surface area contributed by atoms with Crippen LogP contribution in [0, 0.1) is 0 Å². The number of aromatic amines is 1. The lowest BCUT2D eigenvalue weighted by atomic mass is 10.4. The number of hydrogen-bond acceptors (Lipinski definition) is 4. The van der Waals surface area contributed by atoms with Crippen LogP contribution in [0.5, 0.6) is 5.88 Å². The zero-order valence-corrected chi connectivity index (χ0v) is 6.79. The first kappa shape index (κ1) is 8.73. The zero-order chi connectivity index (χ0) is 8.97. The van der Waals surface area contributed by atoms with Crippen molar-refractivity contribution >= 4 is 0 Å². The molecule has 0 atom stereocenters. The number of aromatic hydroxyl groups is 1. The van der Waals surface area contributed by atoms with Crippen LogP contribution in [0.3, 0.4) is 0 Å². The van der Waals surface area contributed by atoms with Crippen molar-refractivity contribution in [3.8, 4) is 5.88 Å². The van der Waals surface area contributed by atoms with Gasteiger partial charge in [0.2, 0.25) is 5.88 Å². The minimum Gasteiger partial charge on any atom is -0.493 e. The molecule has 0 bridgehead atoms. The second-order valence-corrected chi connectivity index (χ2v) is 2.40. The molecule has 0 aliphatic heterocycles. The van der Waals surface area contributed by atoms with Crippen LogP contribution in [0.4, 0.5) is 0 Å². The maximum absolute atomic E-state index is 10.8. The molecule has 1 aromatic rings. The number of hydrogen-bond donors (Lipinski definition) is 3. The van der Waals surface area contributed by atoms with Crippen LogP contribution >= 0.6 is 0 Å². The summed E-state index contributed by atoms with van der Waals surface area (Å²) in [7, 11) is 1.81. The summed E-state index contributed by atoms with van der Waals surface area (Å²) in [4.78, 5) is 17.0. The van der Waals surface area contributed by atoms with Crippen molar-refractivity contribution in [2.24, 2.45) is 0 Å². The molecule has 3 N–H and O–H groups in total. The lowest BCUT2D eigenvalue weighted by Gasteiger charge is -1.99. The number of nitrogens with zero attached hydrogens (tertiary/aromatic N) is 1. The van der Waals surface area contributed by atoms with Crippen molar-refractivity contribution in [1.82, 2.24) is 15.3 Å². The topological polar surface area (TPSA) is 78.0 Å². The molecule has 12 heavy (non-hydrogen) atoms. The van der Waals surface area contributed by atoms with Crippen molar-refractivity contribution in [3.63, 3.8) is 0 Å². The third-order valence-electron chi connectivity index (χ3n) is 1.39. The molecular formula is C7H11N3O2. The van der Waals surface area contributed by atoms with Crippen LogP contribution in [0.15, 0.2) is 10.9 Å². The molecule has 0 saturated heterocycles. The van der Waals surface area contributed by atoms with Gasteiger partial charge >= 0.3 is 0 Å². The smallest absolute Gasteiger partial charge is 0.254 e. The van der Waals surface area contributed by atoms with E-state index in [2.05, 4.69) is 15.3 Å². The summed E-state index contributed by atoms with van der Waals surface area (Å²) >= 11 is 0. The van der Waals surface area contributed by atoms with E-state index in [4.69, 9.17) is 5.11 Å². The summed E-state index contributed by atoms with van der Waals surface area (Å²) in [5.41, 5.74) is -0.325. The summed E-state index contributed by atoms with van der Waals surface area (Å²) in [6, 6.07) is 1.04. The minimum atomic E-state index is -0.325. The summed E-state index contributed by atoms with van der Waals surface area (Å²) in [5, 5.41) is 11.9. The van der Waals surface area contributed by atoms with E-state index in [1.807, 2.05) is 0 Å². The third kappa shape index (κ3) is 2.35. The molecule has 1 heterocycles. The molecule has 1 aromatic heterocycles. The van der Waals surface area contributed by atoms with Crippen molar-refractivity contribution < 1.29 is 5.11 Å². The van der Waals surface area contributed by atoms with E-state index in [0.29, 0.717) is 18.8 Å². The van der Waals surface area contributed by atoms with Gasteiger partial charge in [-0.2, -0.15) is 0 Å². The summed E-state index contributed by atoms with van der Waals surface area (Å²) < 4.78 is 0. The van der Waals surface area contributed by atoms with E-state index in [1.54, 1.807) is 7.05 Å².